The summed E-state index contributed by atoms with van der Waals surface area (Å²) in [6.45, 7) is 1.48. The number of carbonyl (C=O) groups is 2. The van der Waals surface area contributed by atoms with Crippen molar-refractivity contribution < 1.29 is 64.3 Å². The second kappa shape index (κ2) is 20.1. The molecule has 0 aromatic carbocycles. The van der Waals surface area contributed by atoms with Crippen molar-refractivity contribution in [2.45, 2.75) is 159 Å². The lowest BCUT2D eigenvalue weighted by Gasteiger charge is -2.39. The summed E-state index contributed by atoms with van der Waals surface area (Å²) in [7, 11) is 0. The number of carbonyl (C=O) groups excluding carboxylic acids is 2. The second-order valence-electron chi connectivity index (χ2n) is 11.4. The molecule has 2 unspecified atom stereocenters. The molecule has 2 rings (SSSR count). The van der Waals surface area contributed by atoms with Gasteiger partial charge in [0.1, 0.15) is 24.4 Å². The lowest BCUT2D eigenvalue weighted by atomic mass is 9.99. The van der Waals surface area contributed by atoms with Gasteiger partial charge in [0.2, 0.25) is 18.3 Å². The van der Waals surface area contributed by atoms with E-state index in [1.807, 2.05) is 0 Å². The summed E-state index contributed by atoms with van der Waals surface area (Å²) in [6.07, 6.45) is 3.11. The third-order valence-electron chi connectivity index (χ3n) is 7.84. The first-order valence-corrected chi connectivity index (χ1v) is 15.8. The molecule has 2 aliphatic heterocycles. The molecule has 13 nitrogen and oxygen atoms in total. The minimum absolute atomic E-state index is 0.0137. The monoisotopic (exact) mass is 620 g/mol. The minimum Gasteiger partial charge on any atom is -0.505 e. The molecule has 2 aliphatic rings. The third-order valence-corrected chi connectivity index (χ3v) is 7.84. The van der Waals surface area contributed by atoms with Crippen LogP contribution in [0.2, 0.25) is 0 Å². The predicted molar refractivity (Wildman–Crippen MR) is 152 cm³/mol. The van der Waals surface area contributed by atoms with Crippen molar-refractivity contribution in [2.24, 2.45) is 0 Å². The molecular formula is C30H52O13. The number of hydrogen-bond donors (Lipinski definition) is 7. The Balaban J connectivity index is 1.63. The summed E-state index contributed by atoms with van der Waals surface area (Å²) in [5, 5.41) is 69.9. The molecule has 13 heteroatoms. The highest BCUT2D eigenvalue weighted by Crippen LogP contribution is 2.30. The van der Waals surface area contributed by atoms with E-state index in [1.165, 1.54) is 64.2 Å². The minimum atomic E-state index is -2.13. The van der Waals surface area contributed by atoms with Gasteiger partial charge in [0.25, 0.3) is 0 Å². The summed E-state index contributed by atoms with van der Waals surface area (Å²) in [5.74, 6) is -3.95. The topological polar surface area (TPSA) is 213 Å². The number of ether oxygens (including phenoxy) is 4. The number of esters is 2. The van der Waals surface area contributed by atoms with Crippen LogP contribution in [0.5, 0.6) is 0 Å². The molecule has 0 aliphatic carbocycles. The molecule has 8 atom stereocenters. The maximum Gasteiger partial charge on any atom is 0.378 e. The second-order valence-corrected chi connectivity index (χ2v) is 11.4. The smallest absolute Gasteiger partial charge is 0.378 e. The Bertz CT molecular complexity index is 848. The molecule has 0 aromatic rings. The number of cyclic esters (lactones) is 1. The van der Waals surface area contributed by atoms with E-state index in [1.54, 1.807) is 0 Å². The first-order chi connectivity index (χ1) is 20.6. The van der Waals surface area contributed by atoms with Gasteiger partial charge in [0, 0.05) is 6.42 Å². The average Bonchev–Trinajstić information content (AvgIpc) is 3.27. The number of aliphatic hydroxyl groups excluding tert-OH is 7. The van der Waals surface area contributed by atoms with Gasteiger partial charge in [-0.05, 0) is 6.42 Å². The van der Waals surface area contributed by atoms with Gasteiger partial charge in [0.15, 0.2) is 18.0 Å². The summed E-state index contributed by atoms with van der Waals surface area (Å²) >= 11 is 0. The van der Waals surface area contributed by atoms with Crippen LogP contribution in [0.25, 0.3) is 0 Å². The molecule has 7 N–H and O–H groups in total. The molecule has 250 valence electrons. The fourth-order valence-electron chi connectivity index (χ4n) is 5.13. The highest BCUT2D eigenvalue weighted by atomic mass is 16.7. The van der Waals surface area contributed by atoms with Gasteiger partial charge in [-0.1, -0.05) is 96.8 Å². The van der Waals surface area contributed by atoms with Crippen molar-refractivity contribution in [2.75, 3.05) is 6.61 Å². The van der Waals surface area contributed by atoms with Crippen LogP contribution < -0.4 is 0 Å². The summed E-state index contributed by atoms with van der Waals surface area (Å²) in [6, 6.07) is 0. The van der Waals surface area contributed by atoms with E-state index in [4.69, 9.17) is 18.9 Å². The van der Waals surface area contributed by atoms with E-state index in [9.17, 15) is 45.3 Å². The van der Waals surface area contributed by atoms with E-state index in [2.05, 4.69) is 6.92 Å². The Morgan fingerprint density at radius 1 is 0.814 bits per heavy atom. The Labute approximate surface area is 253 Å². The Kier molecular flexibility index (Phi) is 17.4. The molecule has 0 radical (unpaired) electrons. The third kappa shape index (κ3) is 12.1. The number of rotatable bonds is 22. The van der Waals surface area contributed by atoms with Crippen molar-refractivity contribution in [3.63, 3.8) is 0 Å². The van der Waals surface area contributed by atoms with Crippen LogP contribution in [0.3, 0.4) is 0 Å². The van der Waals surface area contributed by atoms with Crippen molar-refractivity contribution >= 4 is 11.9 Å². The van der Waals surface area contributed by atoms with Crippen molar-refractivity contribution in [3.8, 4) is 0 Å². The van der Waals surface area contributed by atoms with E-state index in [-0.39, 0.29) is 6.42 Å². The van der Waals surface area contributed by atoms with Crippen molar-refractivity contribution in [3.05, 3.63) is 11.5 Å². The van der Waals surface area contributed by atoms with Crippen LogP contribution in [0.1, 0.15) is 110 Å². The molecule has 0 amide bonds. The van der Waals surface area contributed by atoms with Crippen LogP contribution in [-0.4, -0.2) is 103 Å². The first-order valence-electron chi connectivity index (χ1n) is 15.8. The molecule has 1 saturated heterocycles. The van der Waals surface area contributed by atoms with Crippen molar-refractivity contribution in [1.29, 1.82) is 0 Å². The molecule has 0 aromatic heterocycles. The number of unbranched alkanes of at least 4 members (excludes halogenated alkanes) is 14. The maximum atomic E-state index is 12.2. The number of hydrogen-bond acceptors (Lipinski definition) is 13. The van der Waals surface area contributed by atoms with Gasteiger partial charge in [-0.3, -0.25) is 4.79 Å². The zero-order valence-electron chi connectivity index (χ0n) is 25.2. The van der Waals surface area contributed by atoms with Crippen LogP contribution in [0, 0.1) is 0 Å². The molecule has 43 heavy (non-hydrogen) atoms. The van der Waals surface area contributed by atoms with Crippen LogP contribution in [0.4, 0.5) is 0 Å². The van der Waals surface area contributed by atoms with Gasteiger partial charge in [-0.2, -0.15) is 0 Å². The van der Waals surface area contributed by atoms with Gasteiger partial charge in [-0.15, -0.1) is 0 Å². The molecule has 0 spiro atoms. The highest BCUT2D eigenvalue weighted by molar-refractivity contribution is 5.89. The molecule has 1 fully saturated rings. The lowest BCUT2D eigenvalue weighted by Crippen LogP contribution is -2.59. The predicted octanol–water partition coefficient (Wildman–Crippen LogP) is 1.98. The fraction of sp³-hybridized carbons (Fsp3) is 0.867. The van der Waals surface area contributed by atoms with Gasteiger partial charge in [0.05, 0.1) is 6.61 Å². The summed E-state index contributed by atoms with van der Waals surface area (Å²) < 4.78 is 19.9. The maximum absolute atomic E-state index is 12.2. The molecule has 0 saturated carbocycles. The largest absolute Gasteiger partial charge is 0.505 e. The Morgan fingerprint density at radius 3 is 1.84 bits per heavy atom. The Morgan fingerprint density at radius 2 is 1.33 bits per heavy atom. The van der Waals surface area contributed by atoms with Gasteiger partial charge >= 0.3 is 11.9 Å². The fourth-order valence-corrected chi connectivity index (χ4v) is 5.13. The lowest BCUT2D eigenvalue weighted by molar-refractivity contribution is -0.291. The van der Waals surface area contributed by atoms with Crippen molar-refractivity contribution in [1.82, 2.24) is 0 Å². The summed E-state index contributed by atoms with van der Waals surface area (Å²) in [5.41, 5.74) is 0. The molecule has 0 bridgehead atoms. The quantitative estimate of drug-likeness (QED) is 0.0525. The van der Waals surface area contributed by atoms with Gasteiger partial charge < -0.3 is 54.7 Å². The zero-order chi connectivity index (χ0) is 31.8. The highest BCUT2D eigenvalue weighted by Gasteiger charge is 2.49. The first kappa shape index (κ1) is 37.2. The molecular weight excluding hydrogens is 568 g/mol. The summed E-state index contributed by atoms with van der Waals surface area (Å²) in [4.78, 5) is 24.3. The van der Waals surface area contributed by atoms with E-state index >= 15 is 0 Å². The normalized spacial score (nSPS) is 27.2. The van der Waals surface area contributed by atoms with Crippen LogP contribution >= 0.6 is 0 Å². The average molecular weight is 621 g/mol. The number of aliphatic hydroxyl groups is 7. The van der Waals surface area contributed by atoms with Crippen LogP contribution in [0.15, 0.2) is 11.5 Å². The Hall–Kier alpha value is -2.00. The van der Waals surface area contributed by atoms with Crippen LogP contribution in [-0.2, 0) is 28.5 Å². The molecule has 2 heterocycles. The zero-order valence-corrected chi connectivity index (χ0v) is 25.2. The van der Waals surface area contributed by atoms with E-state index < -0.39 is 79.3 Å². The standard InChI is InChI=1S/C30H52O13/c1-2-3-4-5-6-7-8-9-10-11-12-13-14-15-16-17-20(32)41-28(38)25(37)26-24(36)27(29(39)42-26)43-30-23(35)22(34)21(33)19(18-31)40-30/h19,21-23,25-26,28,30-31,33-38H,2-18H2,1H3/t19-,21-,22+,23-,25-,26+,28?,30?/m1/s1. The van der Waals surface area contributed by atoms with E-state index in [0.29, 0.717) is 6.42 Å². The SMILES string of the molecule is CCCCCCCCCCCCCCCCCC(=O)OC(O)[C@H](O)[C@H]1OC(=O)C(OC2O[C@H](CO)[C@@H](O)[C@H](O)[C@H]2O)=C1O. The van der Waals surface area contributed by atoms with E-state index in [0.717, 1.165) is 25.7 Å². The van der Waals surface area contributed by atoms with Gasteiger partial charge in [-0.25, -0.2) is 4.79 Å².